The van der Waals surface area contributed by atoms with Crippen LogP contribution in [-0.2, 0) is 0 Å². The van der Waals surface area contributed by atoms with Gasteiger partial charge in [0.25, 0.3) is 0 Å². The zero-order valence-corrected chi connectivity index (χ0v) is 31.4. The van der Waals surface area contributed by atoms with Crippen LogP contribution in [0.1, 0.15) is 0 Å². The molecule has 0 unspecified atom stereocenters. The minimum absolute atomic E-state index is 1.11. The summed E-state index contributed by atoms with van der Waals surface area (Å²) in [6.07, 6.45) is 0. The number of thiophene rings is 2. The van der Waals surface area contributed by atoms with Crippen LogP contribution in [0.3, 0.4) is 0 Å². The minimum atomic E-state index is 1.11. The molecular weight excluding hydrogens is 703 g/mol. The van der Waals surface area contributed by atoms with Crippen LogP contribution in [-0.4, -0.2) is 0 Å². The van der Waals surface area contributed by atoms with Crippen LogP contribution >= 0.6 is 22.7 Å². The average Bonchev–Trinajstić information content (AvgIpc) is 3.83. The van der Waals surface area contributed by atoms with Gasteiger partial charge in [-0.2, -0.15) is 0 Å². The van der Waals surface area contributed by atoms with Gasteiger partial charge in [-0.3, -0.25) is 0 Å². The molecule has 0 aliphatic rings. The zero-order chi connectivity index (χ0) is 36.3. The average molecular weight is 736 g/mol. The highest BCUT2D eigenvalue weighted by atomic mass is 32.1. The first-order valence-corrected chi connectivity index (χ1v) is 20.3. The second kappa shape index (κ2) is 13.1. The lowest BCUT2D eigenvalue weighted by Crippen LogP contribution is -2.11. The van der Waals surface area contributed by atoms with Gasteiger partial charge in [0.1, 0.15) is 0 Å². The normalized spacial score (nSPS) is 11.6. The van der Waals surface area contributed by atoms with E-state index in [1.54, 1.807) is 0 Å². The summed E-state index contributed by atoms with van der Waals surface area (Å²) in [4.78, 5) is 2.43. The largest absolute Gasteiger partial charge is 0.310 e. The third kappa shape index (κ3) is 5.35. The molecule has 9 aromatic carbocycles. The van der Waals surface area contributed by atoms with Crippen molar-refractivity contribution in [1.82, 2.24) is 0 Å². The number of hydrogen-bond acceptors (Lipinski definition) is 3. The molecule has 0 spiro atoms. The standard InChI is InChI=1S/C52H33NS2/c1-2-14-39-34(12-1)13-9-18-40(39)35-26-30-37(31-27-35)53(38-32-28-36(29-33-38)41-19-10-24-49-51(41)44-16-4-7-22-47(44)54-49)46-21-6-3-15-42(46)43-20-11-25-50-52(43)45-17-5-8-23-48(45)55-50/h1-33H. The smallest absolute Gasteiger partial charge is 0.0540 e. The first-order chi connectivity index (χ1) is 27.3. The van der Waals surface area contributed by atoms with Crippen molar-refractivity contribution in [1.29, 1.82) is 0 Å². The van der Waals surface area contributed by atoms with Gasteiger partial charge < -0.3 is 4.90 Å². The molecule has 0 radical (unpaired) electrons. The lowest BCUT2D eigenvalue weighted by Gasteiger charge is -2.28. The molecule has 0 aliphatic heterocycles. The van der Waals surface area contributed by atoms with E-state index in [1.165, 1.54) is 84.5 Å². The molecule has 11 aromatic rings. The molecule has 0 fully saturated rings. The van der Waals surface area contributed by atoms with Crippen molar-refractivity contribution in [3.05, 3.63) is 200 Å². The molecule has 0 atom stereocenters. The molecule has 11 rings (SSSR count). The van der Waals surface area contributed by atoms with Crippen molar-refractivity contribution in [3.8, 4) is 33.4 Å². The first-order valence-electron chi connectivity index (χ1n) is 18.7. The number of nitrogens with zero attached hydrogens (tertiary/aromatic N) is 1. The molecule has 0 N–H and O–H groups in total. The summed E-state index contributed by atoms with van der Waals surface area (Å²) in [6.45, 7) is 0. The third-order valence-electron chi connectivity index (χ3n) is 10.9. The first kappa shape index (κ1) is 32.0. The van der Waals surface area contributed by atoms with E-state index in [0.717, 1.165) is 17.1 Å². The highest BCUT2D eigenvalue weighted by Crippen LogP contribution is 2.47. The molecule has 55 heavy (non-hydrogen) atoms. The Labute approximate surface area is 327 Å². The lowest BCUT2D eigenvalue weighted by atomic mass is 9.96. The lowest BCUT2D eigenvalue weighted by molar-refractivity contribution is 1.28. The molecule has 0 amide bonds. The minimum Gasteiger partial charge on any atom is -0.310 e. The van der Waals surface area contributed by atoms with Crippen LogP contribution in [0.2, 0.25) is 0 Å². The highest BCUT2D eigenvalue weighted by molar-refractivity contribution is 7.26. The second-order valence-corrected chi connectivity index (χ2v) is 16.2. The third-order valence-corrected chi connectivity index (χ3v) is 13.2. The molecule has 1 nitrogen and oxygen atoms in total. The van der Waals surface area contributed by atoms with Crippen molar-refractivity contribution in [2.45, 2.75) is 0 Å². The molecule has 2 aromatic heterocycles. The summed E-state index contributed by atoms with van der Waals surface area (Å²) >= 11 is 3.73. The Morgan fingerprint density at radius 1 is 0.291 bits per heavy atom. The molecule has 0 saturated carbocycles. The van der Waals surface area contributed by atoms with Crippen molar-refractivity contribution >= 4 is 90.9 Å². The van der Waals surface area contributed by atoms with Crippen LogP contribution in [0.4, 0.5) is 17.1 Å². The van der Waals surface area contributed by atoms with Gasteiger partial charge in [0, 0.05) is 57.3 Å². The molecule has 0 bridgehead atoms. The summed E-state index contributed by atoms with van der Waals surface area (Å²) in [7, 11) is 0. The van der Waals surface area contributed by atoms with Crippen molar-refractivity contribution in [2.75, 3.05) is 4.90 Å². The van der Waals surface area contributed by atoms with E-state index in [1.807, 2.05) is 22.7 Å². The maximum atomic E-state index is 2.43. The van der Waals surface area contributed by atoms with Crippen molar-refractivity contribution < 1.29 is 0 Å². The van der Waals surface area contributed by atoms with Gasteiger partial charge in [0.15, 0.2) is 0 Å². The Balaban J connectivity index is 1.09. The number of benzene rings is 9. The van der Waals surface area contributed by atoms with E-state index in [4.69, 9.17) is 0 Å². The monoisotopic (exact) mass is 735 g/mol. The number of rotatable bonds is 6. The Hall–Kier alpha value is -6.52. The summed E-state index contributed by atoms with van der Waals surface area (Å²) < 4.78 is 5.26. The topological polar surface area (TPSA) is 3.24 Å². The Morgan fingerprint density at radius 2 is 0.727 bits per heavy atom. The predicted octanol–water partition coefficient (Wildman–Crippen LogP) is 16.0. The van der Waals surface area contributed by atoms with E-state index in [-0.39, 0.29) is 0 Å². The number of hydrogen-bond donors (Lipinski definition) is 0. The molecule has 0 aliphatic carbocycles. The molecule has 2 heterocycles. The summed E-state index contributed by atoms with van der Waals surface area (Å²) in [5.41, 5.74) is 10.7. The van der Waals surface area contributed by atoms with Gasteiger partial charge in [-0.1, -0.05) is 146 Å². The van der Waals surface area contributed by atoms with E-state index in [9.17, 15) is 0 Å². The summed E-state index contributed by atoms with van der Waals surface area (Å²) in [5.74, 6) is 0. The molecule has 3 heteroatoms. The maximum Gasteiger partial charge on any atom is 0.0540 e. The predicted molar refractivity (Wildman–Crippen MR) is 241 cm³/mol. The molecule has 258 valence electrons. The maximum absolute atomic E-state index is 2.43. The highest BCUT2D eigenvalue weighted by Gasteiger charge is 2.20. The van der Waals surface area contributed by atoms with E-state index < -0.39 is 0 Å². The van der Waals surface area contributed by atoms with E-state index in [0.29, 0.717) is 0 Å². The van der Waals surface area contributed by atoms with Gasteiger partial charge in [-0.25, -0.2) is 0 Å². The number of para-hydroxylation sites is 1. The van der Waals surface area contributed by atoms with Gasteiger partial charge >= 0.3 is 0 Å². The van der Waals surface area contributed by atoms with Gasteiger partial charge in [-0.05, 0) is 93.2 Å². The van der Waals surface area contributed by atoms with Crippen LogP contribution in [0.15, 0.2) is 200 Å². The summed E-state index contributed by atoms with van der Waals surface area (Å²) in [6, 6.07) is 73.4. The Bertz CT molecular complexity index is 3200. The van der Waals surface area contributed by atoms with Crippen LogP contribution in [0.5, 0.6) is 0 Å². The zero-order valence-electron chi connectivity index (χ0n) is 29.8. The van der Waals surface area contributed by atoms with E-state index >= 15 is 0 Å². The summed E-state index contributed by atoms with van der Waals surface area (Å²) in [5, 5.41) is 7.78. The molecular formula is C52H33NS2. The van der Waals surface area contributed by atoms with Crippen molar-refractivity contribution in [3.63, 3.8) is 0 Å². The SMILES string of the molecule is c1ccc(N(c2ccc(-c3cccc4ccccc34)cc2)c2ccc(-c3cccc4sc5ccccc5c34)cc2)c(-c2cccc3sc4ccccc4c23)c1. The van der Waals surface area contributed by atoms with E-state index in [2.05, 4.69) is 205 Å². The van der Waals surface area contributed by atoms with Gasteiger partial charge in [-0.15, -0.1) is 22.7 Å². The van der Waals surface area contributed by atoms with Crippen LogP contribution in [0, 0.1) is 0 Å². The quantitative estimate of drug-likeness (QED) is 0.164. The number of anilines is 3. The fourth-order valence-corrected chi connectivity index (χ4v) is 10.7. The number of fused-ring (bicyclic) bond motifs is 7. The second-order valence-electron chi connectivity index (χ2n) is 14.0. The molecule has 0 saturated heterocycles. The van der Waals surface area contributed by atoms with Crippen molar-refractivity contribution in [2.24, 2.45) is 0 Å². The Kier molecular flexibility index (Phi) is 7.61. The fraction of sp³-hybridized carbons (Fsp3) is 0. The van der Waals surface area contributed by atoms with Gasteiger partial charge in [0.2, 0.25) is 0 Å². The van der Waals surface area contributed by atoms with Crippen LogP contribution in [0.25, 0.3) is 84.5 Å². The fourth-order valence-electron chi connectivity index (χ4n) is 8.40. The van der Waals surface area contributed by atoms with Crippen LogP contribution < -0.4 is 4.90 Å². The van der Waals surface area contributed by atoms with Gasteiger partial charge in [0.05, 0.1) is 5.69 Å². The Morgan fingerprint density at radius 3 is 1.40 bits per heavy atom.